The lowest BCUT2D eigenvalue weighted by Gasteiger charge is -2.40. The van der Waals surface area contributed by atoms with Crippen molar-refractivity contribution in [3.63, 3.8) is 0 Å². The maximum absolute atomic E-state index is 15.6. The second-order valence-electron chi connectivity index (χ2n) is 12.0. The maximum Gasteiger partial charge on any atom is 0.410 e. The Kier molecular flexibility index (Phi) is 10.1. The summed E-state index contributed by atoms with van der Waals surface area (Å²) in [4.78, 5) is 17.1. The van der Waals surface area contributed by atoms with Crippen molar-refractivity contribution in [1.82, 2.24) is 24.9 Å². The summed E-state index contributed by atoms with van der Waals surface area (Å²) in [5, 5.41) is 13.4. The third-order valence-electron chi connectivity index (χ3n) is 8.97. The fraction of sp³-hybridized carbons (Fsp3) is 0.576. The van der Waals surface area contributed by atoms with Crippen molar-refractivity contribution in [2.75, 3.05) is 45.1 Å². The monoisotopic (exact) mass is 622 g/mol. The molecule has 1 aliphatic carbocycles. The number of aromatic nitrogens is 4. The molecule has 3 aliphatic rings. The van der Waals surface area contributed by atoms with Crippen LogP contribution in [0.4, 0.5) is 15.0 Å². The molecule has 12 heteroatoms. The van der Waals surface area contributed by atoms with E-state index in [1.165, 1.54) is 13.2 Å². The number of rotatable bonds is 12. The molecule has 2 atom stereocenters. The van der Waals surface area contributed by atoms with Crippen molar-refractivity contribution in [2.24, 2.45) is 0 Å². The second kappa shape index (κ2) is 14.6. The van der Waals surface area contributed by atoms with E-state index in [1.54, 1.807) is 16.9 Å². The molecule has 0 N–H and O–H groups in total. The Morgan fingerprint density at radius 3 is 2.69 bits per heavy atom. The molecule has 242 valence electrons. The molecular formula is C33H43FN6O5. The summed E-state index contributed by atoms with van der Waals surface area (Å²) < 4.78 is 39.9. The van der Waals surface area contributed by atoms with Gasteiger partial charge in [0.1, 0.15) is 17.8 Å². The van der Waals surface area contributed by atoms with Gasteiger partial charge in [0.15, 0.2) is 12.6 Å². The highest BCUT2D eigenvalue weighted by molar-refractivity contribution is 5.75. The van der Waals surface area contributed by atoms with Crippen LogP contribution in [0.5, 0.6) is 5.75 Å². The van der Waals surface area contributed by atoms with Crippen molar-refractivity contribution in [2.45, 2.75) is 83.0 Å². The summed E-state index contributed by atoms with van der Waals surface area (Å²) >= 11 is 0. The molecule has 1 amide bonds. The zero-order valence-corrected chi connectivity index (χ0v) is 26.2. The summed E-state index contributed by atoms with van der Waals surface area (Å²) in [6.07, 6.45) is 12.0. The van der Waals surface area contributed by atoms with Gasteiger partial charge in [-0.05, 0) is 75.6 Å². The first-order valence-corrected chi connectivity index (χ1v) is 16.2. The van der Waals surface area contributed by atoms with Crippen molar-refractivity contribution >= 4 is 11.9 Å². The van der Waals surface area contributed by atoms with Crippen LogP contribution in [-0.4, -0.2) is 83.3 Å². The minimum atomic E-state index is -0.422. The Hall–Kier alpha value is -3.77. The number of amides is 1. The van der Waals surface area contributed by atoms with Gasteiger partial charge in [-0.15, -0.1) is 10.2 Å². The van der Waals surface area contributed by atoms with Gasteiger partial charge in [0.25, 0.3) is 0 Å². The van der Waals surface area contributed by atoms with E-state index in [0.29, 0.717) is 53.7 Å². The maximum atomic E-state index is 15.6. The molecule has 0 spiro atoms. The van der Waals surface area contributed by atoms with Gasteiger partial charge in [-0.25, -0.2) is 13.9 Å². The molecule has 2 aliphatic heterocycles. The summed E-state index contributed by atoms with van der Waals surface area (Å²) in [6, 6.07) is 7.10. The third kappa shape index (κ3) is 7.06. The topological polar surface area (TPSA) is 104 Å². The van der Waals surface area contributed by atoms with Crippen molar-refractivity contribution < 1.29 is 28.1 Å². The van der Waals surface area contributed by atoms with Gasteiger partial charge in [-0.1, -0.05) is 13.3 Å². The number of unbranched alkanes of at least 4 members (excludes halogenated alkanes) is 1. The van der Waals surface area contributed by atoms with Crippen LogP contribution in [0, 0.1) is 5.82 Å². The molecule has 4 heterocycles. The first-order valence-electron chi connectivity index (χ1n) is 16.2. The highest BCUT2D eigenvalue weighted by atomic mass is 19.1. The number of anilines is 1. The minimum Gasteiger partial charge on any atom is -0.467 e. The molecule has 3 aromatic rings. The normalized spacial score (nSPS) is 20.2. The van der Waals surface area contributed by atoms with Gasteiger partial charge in [-0.3, -0.25) is 0 Å². The fourth-order valence-electron chi connectivity index (χ4n) is 6.24. The molecule has 0 bridgehead atoms. The predicted octanol–water partition coefficient (Wildman–Crippen LogP) is 6.20. The highest BCUT2D eigenvalue weighted by Gasteiger charge is 2.39. The van der Waals surface area contributed by atoms with Crippen molar-refractivity contribution in [1.29, 1.82) is 0 Å². The van der Waals surface area contributed by atoms with E-state index < -0.39 is 5.82 Å². The Balaban J connectivity index is 1.18. The van der Waals surface area contributed by atoms with Crippen LogP contribution in [0.15, 0.2) is 36.7 Å². The second-order valence-corrected chi connectivity index (χ2v) is 12.0. The number of hydrogen-bond donors (Lipinski definition) is 0. The zero-order valence-electron chi connectivity index (χ0n) is 26.2. The highest BCUT2D eigenvalue weighted by Crippen LogP contribution is 2.37. The molecule has 6 rings (SSSR count). The van der Waals surface area contributed by atoms with E-state index in [9.17, 15) is 4.79 Å². The first kappa shape index (κ1) is 31.2. The number of nitrogens with zero attached hydrogens (tertiary/aromatic N) is 6. The Labute approximate surface area is 263 Å². The average molecular weight is 623 g/mol. The smallest absolute Gasteiger partial charge is 0.410 e. The summed E-state index contributed by atoms with van der Waals surface area (Å²) in [5.41, 5.74) is 1.95. The van der Waals surface area contributed by atoms with Gasteiger partial charge >= 0.3 is 6.09 Å². The largest absolute Gasteiger partial charge is 0.467 e. The standard InChI is InChI=1S/C33H43FN6O5/c1-3-4-15-44-33(41)40(24-8-7-9-24)25-13-14-38(21-25)31-12-11-29(36-37-31)27-17-28(34)26(18-30(27)45-22-42-2)23-19-35-39(20-23)32-10-5-6-16-43-32/h11-12,17-20,24-25,32H,3-10,13-16,21-22H2,1-2H3/t25-,32?/m1/s1. The van der Waals surface area contributed by atoms with E-state index >= 15 is 4.39 Å². The lowest BCUT2D eigenvalue weighted by Crippen LogP contribution is -2.51. The zero-order chi connectivity index (χ0) is 31.2. The number of ether oxygens (including phenoxy) is 4. The third-order valence-corrected chi connectivity index (χ3v) is 8.97. The van der Waals surface area contributed by atoms with Gasteiger partial charge in [-0.2, -0.15) is 5.10 Å². The summed E-state index contributed by atoms with van der Waals surface area (Å²) in [5.74, 6) is 0.716. The molecule has 0 radical (unpaired) electrons. The van der Waals surface area contributed by atoms with Crippen molar-refractivity contribution in [3.05, 3.63) is 42.5 Å². The quantitative estimate of drug-likeness (QED) is 0.173. The summed E-state index contributed by atoms with van der Waals surface area (Å²) in [6.45, 7) is 4.66. The van der Waals surface area contributed by atoms with Gasteiger partial charge in [0.05, 0.1) is 24.5 Å². The summed E-state index contributed by atoms with van der Waals surface area (Å²) in [7, 11) is 1.53. The van der Waals surface area contributed by atoms with Crippen LogP contribution >= 0.6 is 0 Å². The van der Waals surface area contributed by atoms with Crippen LogP contribution in [0.3, 0.4) is 0 Å². The number of benzene rings is 1. The molecule has 2 saturated heterocycles. The van der Waals surface area contributed by atoms with E-state index in [-0.39, 0.29) is 31.2 Å². The van der Waals surface area contributed by atoms with Gasteiger partial charge in [0.2, 0.25) is 0 Å². The van der Waals surface area contributed by atoms with Crippen LogP contribution in [0.2, 0.25) is 0 Å². The van der Waals surface area contributed by atoms with Crippen LogP contribution in [0.1, 0.15) is 70.9 Å². The Bertz CT molecular complexity index is 1430. The lowest BCUT2D eigenvalue weighted by atomic mass is 9.90. The number of methoxy groups -OCH3 is 1. The molecule has 1 aromatic carbocycles. The van der Waals surface area contributed by atoms with E-state index in [2.05, 4.69) is 27.1 Å². The van der Waals surface area contributed by atoms with Gasteiger partial charge < -0.3 is 28.7 Å². The number of hydrogen-bond acceptors (Lipinski definition) is 9. The van der Waals surface area contributed by atoms with Crippen LogP contribution in [-0.2, 0) is 14.2 Å². The van der Waals surface area contributed by atoms with E-state index in [0.717, 1.165) is 64.3 Å². The van der Waals surface area contributed by atoms with Crippen LogP contribution in [0.25, 0.3) is 22.4 Å². The Morgan fingerprint density at radius 1 is 1.09 bits per heavy atom. The van der Waals surface area contributed by atoms with Gasteiger partial charge in [0, 0.05) is 55.7 Å². The number of carbonyl (C=O) groups excluding carboxylic acids is 1. The predicted molar refractivity (Wildman–Crippen MR) is 166 cm³/mol. The lowest BCUT2D eigenvalue weighted by molar-refractivity contribution is -0.0394. The fourth-order valence-corrected chi connectivity index (χ4v) is 6.24. The van der Waals surface area contributed by atoms with Crippen LogP contribution < -0.4 is 9.64 Å². The van der Waals surface area contributed by atoms with E-state index in [4.69, 9.17) is 18.9 Å². The molecule has 11 nitrogen and oxygen atoms in total. The molecule has 2 aromatic heterocycles. The molecule has 1 unspecified atom stereocenters. The van der Waals surface area contributed by atoms with Crippen molar-refractivity contribution in [3.8, 4) is 28.1 Å². The molecular weight excluding hydrogens is 579 g/mol. The number of halogens is 1. The molecule has 3 fully saturated rings. The molecule has 45 heavy (non-hydrogen) atoms. The minimum absolute atomic E-state index is 0.00764. The Morgan fingerprint density at radius 2 is 1.98 bits per heavy atom. The first-order chi connectivity index (χ1) is 22.1. The average Bonchev–Trinajstić information content (AvgIpc) is 3.73. The SMILES string of the molecule is CCCCOC(=O)N(C1CCC1)[C@@H]1CCN(c2ccc(-c3cc(F)c(-c4cnn(C5CCCCO5)c4)cc3OCOC)nn2)C1. The number of carbonyl (C=O) groups is 1. The molecule has 1 saturated carbocycles. The van der Waals surface area contributed by atoms with E-state index in [1.807, 2.05) is 23.2 Å².